The molecule has 1 fully saturated rings. The van der Waals surface area contributed by atoms with Crippen LogP contribution in [0.3, 0.4) is 0 Å². The van der Waals surface area contributed by atoms with E-state index < -0.39 is 5.60 Å². The molecule has 7 heteroatoms. The highest BCUT2D eigenvalue weighted by atomic mass is 16.5. The lowest BCUT2D eigenvalue weighted by molar-refractivity contribution is -0.0734. The lowest BCUT2D eigenvalue weighted by Gasteiger charge is -2.35. The molecule has 1 aromatic rings. The highest BCUT2D eigenvalue weighted by Crippen LogP contribution is 2.21. The first-order chi connectivity index (χ1) is 10.0. The Kier molecular flexibility index (Phi) is 5.08. The van der Waals surface area contributed by atoms with Crippen molar-refractivity contribution in [2.45, 2.75) is 25.4 Å². The lowest BCUT2D eigenvalue weighted by atomic mass is 9.94. The van der Waals surface area contributed by atoms with E-state index in [-0.39, 0.29) is 18.1 Å². The summed E-state index contributed by atoms with van der Waals surface area (Å²) in [6.45, 7) is 4.03. The van der Waals surface area contributed by atoms with Crippen LogP contribution in [0.1, 0.15) is 30.3 Å². The van der Waals surface area contributed by atoms with Crippen LogP contribution in [0.15, 0.2) is 12.1 Å². The van der Waals surface area contributed by atoms with Crippen molar-refractivity contribution in [2.75, 3.05) is 38.7 Å². The largest absolute Gasteiger partial charge is 0.388 e. The van der Waals surface area contributed by atoms with Gasteiger partial charge in [0.15, 0.2) is 5.69 Å². The Bertz CT molecular complexity index is 472. The molecule has 0 unspecified atom stereocenters. The number of likely N-dealkylation sites (N-methyl/N-ethyl adjacent to an activating group) is 1. The average Bonchev–Trinajstić information content (AvgIpc) is 2.48. The van der Waals surface area contributed by atoms with Gasteiger partial charge in [0.1, 0.15) is 5.82 Å². The molecule has 0 atom stereocenters. The van der Waals surface area contributed by atoms with Crippen LogP contribution in [0.5, 0.6) is 0 Å². The Hall–Kier alpha value is -1.73. The second-order valence-corrected chi connectivity index (χ2v) is 5.33. The first-order valence-electron chi connectivity index (χ1n) is 7.17. The number of aromatic nitrogens is 2. The van der Waals surface area contributed by atoms with Crippen molar-refractivity contribution in [2.24, 2.45) is 0 Å². The van der Waals surface area contributed by atoms with Gasteiger partial charge >= 0.3 is 0 Å². The summed E-state index contributed by atoms with van der Waals surface area (Å²) in [4.78, 5) is 13.8. The molecule has 7 nitrogen and oxygen atoms in total. The summed E-state index contributed by atoms with van der Waals surface area (Å²) in [5.41, 5.74) is -0.602. The van der Waals surface area contributed by atoms with E-state index in [1.807, 2.05) is 6.92 Å². The van der Waals surface area contributed by atoms with Crippen molar-refractivity contribution in [3.8, 4) is 0 Å². The molecule has 2 N–H and O–H groups in total. The molecule has 2 rings (SSSR count). The maximum absolute atomic E-state index is 12.3. The Morgan fingerprint density at radius 3 is 2.71 bits per heavy atom. The number of carbonyl (C=O) groups is 1. The van der Waals surface area contributed by atoms with Crippen LogP contribution in [0.25, 0.3) is 0 Å². The van der Waals surface area contributed by atoms with Crippen molar-refractivity contribution >= 4 is 11.7 Å². The summed E-state index contributed by atoms with van der Waals surface area (Å²) in [6, 6.07) is 3.36. The second kappa shape index (κ2) is 6.82. The van der Waals surface area contributed by atoms with Gasteiger partial charge < -0.3 is 20.1 Å². The molecular formula is C14H22N4O3. The fourth-order valence-corrected chi connectivity index (χ4v) is 2.34. The number of ether oxygens (including phenoxy) is 1. The molecule has 21 heavy (non-hydrogen) atoms. The van der Waals surface area contributed by atoms with Gasteiger partial charge in [-0.05, 0) is 19.1 Å². The van der Waals surface area contributed by atoms with Crippen molar-refractivity contribution in [3.63, 3.8) is 0 Å². The molecular weight excluding hydrogens is 272 g/mol. The van der Waals surface area contributed by atoms with E-state index in [4.69, 9.17) is 4.74 Å². The van der Waals surface area contributed by atoms with Gasteiger partial charge in [-0.15, -0.1) is 10.2 Å². The Labute approximate surface area is 124 Å². The summed E-state index contributed by atoms with van der Waals surface area (Å²) in [5.74, 6) is 0.394. The predicted molar refractivity (Wildman–Crippen MR) is 78.2 cm³/mol. The molecule has 2 heterocycles. The van der Waals surface area contributed by atoms with Crippen LogP contribution in [0, 0.1) is 0 Å². The summed E-state index contributed by atoms with van der Waals surface area (Å²) < 4.78 is 5.23. The van der Waals surface area contributed by atoms with E-state index in [0.717, 1.165) is 6.54 Å². The van der Waals surface area contributed by atoms with Gasteiger partial charge in [0.2, 0.25) is 0 Å². The van der Waals surface area contributed by atoms with Crippen molar-refractivity contribution in [1.82, 2.24) is 15.1 Å². The number of nitrogens with one attached hydrogen (secondary N) is 1. The predicted octanol–water partition coefficient (Wildman–Crippen LogP) is 0.522. The van der Waals surface area contributed by atoms with Crippen LogP contribution in [-0.4, -0.2) is 65.1 Å². The minimum Gasteiger partial charge on any atom is -0.388 e. The number of amides is 1. The zero-order chi connectivity index (χ0) is 15.3. The third kappa shape index (κ3) is 4.12. The zero-order valence-corrected chi connectivity index (χ0v) is 12.5. The van der Waals surface area contributed by atoms with E-state index in [1.54, 1.807) is 19.2 Å². The van der Waals surface area contributed by atoms with E-state index in [9.17, 15) is 9.90 Å². The molecule has 1 aliphatic rings. The number of nitrogens with zero attached hydrogens (tertiary/aromatic N) is 3. The molecule has 0 saturated carbocycles. The minimum atomic E-state index is -0.875. The second-order valence-electron chi connectivity index (χ2n) is 5.33. The summed E-state index contributed by atoms with van der Waals surface area (Å²) in [6.07, 6.45) is 1.07. The fourth-order valence-electron chi connectivity index (χ4n) is 2.34. The number of rotatable bonds is 5. The molecule has 0 spiro atoms. The Balaban J connectivity index is 1.98. The van der Waals surface area contributed by atoms with Crippen LogP contribution >= 0.6 is 0 Å². The lowest BCUT2D eigenvalue weighted by Crippen LogP contribution is -2.47. The number of carbonyl (C=O) groups excluding carboxylic acids is 1. The first-order valence-corrected chi connectivity index (χ1v) is 7.17. The van der Waals surface area contributed by atoms with E-state index in [1.165, 1.54) is 4.90 Å². The highest BCUT2D eigenvalue weighted by molar-refractivity contribution is 5.92. The first kappa shape index (κ1) is 15.7. The molecule has 116 valence electrons. The molecule has 0 bridgehead atoms. The van der Waals surface area contributed by atoms with Gasteiger partial charge in [-0.1, -0.05) is 0 Å². The molecule has 0 aliphatic carbocycles. The highest BCUT2D eigenvalue weighted by Gasteiger charge is 2.32. The third-order valence-corrected chi connectivity index (χ3v) is 3.54. The van der Waals surface area contributed by atoms with E-state index >= 15 is 0 Å². The molecule has 1 amide bonds. The summed E-state index contributed by atoms with van der Waals surface area (Å²) >= 11 is 0. The quantitative estimate of drug-likeness (QED) is 0.823. The van der Waals surface area contributed by atoms with Crippen molar-refractivity contribution in [3.05, 3.63) is 17.8 Å². The molecule has 0 radical (unpaired) electrons. The number of hydrogen-bond donors (Lipinski definition) is 2. The Morgan fingerprint density at radius 2 is 2.14 bits per heavy atom. The number of aliphatic hydroxyl groups is 1. The standard InChI is InChI=1S/C14H22N4O3/c1-3-15-12-5-4-11(16-17-12)13(19)18(2)10-14(20)6-8-21-9-7-14/h4-5,20H,3,6-10H2,1-2H3,(H,15,17). The van der Waals surface area contributed by atoms with Gasteiger partial charge in [-0.3, -0.25) is 4.79 Å². The summed E-state index contributed by atoms with van der Waals surface area (Å²) in [5, 5.41) is 21.3. The van der Waals surface area contributed by atoms with Crippen LogP contribution in [-0.2, 0) is 4.74 Å². The number of hydrogen-bond acceptors (Lipinski definition) is 6. The van der Waals surface area contributed by atoms with Crippen LogP contribution < -0.4 is 5.32 Å². The van der Waals surface area contributed by atoms with Gasteiger partial charge in [0.25, 0.3) is 5.91 Å². The average molecular weight is 294 g/mol. The van der Waals surface area contributed by atoms with Crippen LogP contribution in [0.2, 0.25) is 0 Å². The maximum Gasteiger partial charge on any atom is 0.274 e. The monoisotopic (exact) mass is 294 g/mol. The SMILES string of the molecule is CCNc1ccc(C(=O)N(C)CC2(O)CCOCC2)nn1. The van der Waals surface area contributed by atoms with E-state index in [2.05, 4.69) is 15.5 Å². The van der Waals surface area contributed by atoms with Crippen LogP contribution in [0.4, 0.5) is 5.82 Å². The van der Waals surface area contributed by atoms with Gasteiger partial charge in [0, 0.05) is 46.2 Å². The smallest absolute Gasteiger partial charge is 0.274 e. The molecule has 1 aliphatic heterocycles. The molecule has 0 aromatic carbocycles. The van der Waals surface area contributed by atoms with Crippen molar-refractivity contribution in [1.29, 1.82) is 0 Å². The van der Waals surface area contributed by atoms with E-state index in [0.29, 0.717) is 31.9 Å². The maximum atomic E-state index is 12.3. The molecule has 1 saturated heterocycles. The third-order valence-electron chi connectivity index (χ3n) is 3.54. The topological polar surface area (TPSA) is 87.6 Å². The summed E-state index contributed by atoms with van der Waals surface area (Å²) in [7, 11) is 1.66. The van der Waals surface area contributed by atoms with Gasteiger partial charge in [-0.25, -0.2) is 0 Å². The fraction of sp³-hybridized carbons (Fsp3) is 0.643. The zero-order valence-electron chi connectivity index (χ0n) is 12.5. The van der Waals surface area contributed by atoms with Crippen molar-refractivity contribution < 1.29 is 14.6 Å². The normalized spacial score (nSPS) is 17.3. The number of anilines is 1. The minimum absolute atomic E-state index is 0.245. The molecule has 1 aromatic heterocycles. The van der Waals surface area contributed by atoms with Gasteiger partial charge in [-0.2, -0.15) is 0 Å². The van der Waals surface area contributed by atoms with Gasteiger partial charge in [0.05, 0.1) is 5.60 Å². The Morgan fingerprint density at radius 1 is 1.43 bits per heavy atom.